The van der Waals surface area contributed by atoms with E-state index in [2.05, 4.69) is 10.4 Å². The van der Waals surface area contributed by atoms with E-state index in [1.807, 2.05) is 60.1 Å². The van der Waals surface area contributed by atoms with Crippen LogP contribution in [0.4, 0.5) is 5.69 Å². The lowest BCUT2D eigenvalue weighted by Crippen LogP contribution is -2.33. The quantitative estimate of drug-likeness (QED) is 0.582. The van der Waals surface area contributed by atoms with Gasteiger partial charge in [-0.3, -0.25) is 9.59 Å². The Hall–Kier alpha value is -3.74. The molecule has 1 amide bonds. The van der Waals surface area contributed by atoms with Gasteiger partial charge in [0.25, 0.3) is 5.56 Å². The van der Waals surface area contributed by atoms with Gasteiger partial charge in [0.2, 0.25) is 5.91 Å². The molecule has 4 rings (SSSR count). The minimum atomic E-state index is -0.751. The van der Waals surface area contributed by atoms with E-state index in [0.29, 0.717) is 11.4 Å². The van der Waals surface area contributed by atoms with Crippen LogP contribution in [0, 0.1) is 13.8 Å². The summed E-state index contributed by atoms with van der Waals surface area (Å²) in [5.41, 5.74) is 4.49. The lowest BCUT2D eigenvalue weighted by molar-refractivity contribution is -0.119. The molecule has 1 atom stereocenters. The molecule has 0 unspecified atom stereocenters. The van der Waals surface area contributed by atoms with Gasteiger partial charge in [-0.05, 0) is 44.5 Å². The van der Waals surface area contributed by atoms with Gasteiger partial charge < -0.3 is 9.72 Å². The smallest absolute Gasteiger partial charge is 0.267 e. The number of carbonyl (C=O) groups excluding carboxylic acids is 1. The van der Waals surface area contributed by atoms with Crippen LogP contribution in [0.15, 0.2) is 65.7 Å². The fraction of sp³-hybridized carbons (Fsp3) is 0.182. The summed E-state index contributed by atoms with van der Waals surface area (Å²) in [6.45, 7) is 5.44. The molecule has 0 spiro atoms. The molecule has 0 bridgehead atoms. The van der Waals surface area contributed by atoms with Crippen molar-refractivity contribution in [3.63, 3.8) is 0 Å². The summed E-state index contributed by atoms with van der Waals surface area (Å²) in [6.07, 6.45) is 3.88. The number of pyridine rings is 1. The first-order valence-corrected chi connectivity index (χ1v) is 9.35. The van der Waals surface area contributed by atoms with Crippen LogP contribution in [0.5, 0.6) is 0 Å². The second-order valence-corrected chi connectivity index (χ2v) is 7.02. The summed E-state index contributed by atoms with van der Waals surface area (Å²) >= 11 is 0. The zero-order valence-electron chi connectivity index (χ0n) is 16.5. The maximum Gasteiger partial charge on any atom is 0.267 e. The highest BCUT2D eigenvalue weighted by Crippen LogP contribution is 2.28. The van der Waals surface area contributed by atoms with Gasteiger partial charge in [0.15, 0.2) is 0 Å². The van der Waals surface area contributed by atoms with Crippen molar-refractivity contribution in [1.82, 2.24) is 19.2 Å². The summed E-state index contributed by atoms with van der Waals surface area (Å²) in [4.78, 5) is 29.7. The minimum Gasteiger partial charge on any atom is -0.324 e. The predicted octanol–water partition coefficient (Wildman–Crippen LogP) is 3.37. The molecule has 1 aromatic carbocycles. The highest BCUT2D eigenvalue weighted by Gasteiger charge is 2.19. The Morgan fingerprint density at radius 2 is 1.86 bits per heavy atom. The number of anilines is 1. The molecule has 0 radical (unpaired) electrons. The van der Waals surface area contributed by atoms with E-state index in [0.717, 1.165) is 22.5 Å². The molecule has 0 fully saturated rings. The van der Waals surface area contributed by atoms with Gasteiger partial charge in [-0.15, -0.1) is 0 Å². The molecule has 3 aromatic heterocycles. The van der Waals surface area contributed by atoms with Crippen molar-refractivity contribution in [2.45, 2.75) is 26.8 Å². The second-order valence-electron chi connectivity index (χ2n) is 7.02. The molecule has 29 heavy (non-hydrogen) atoms. The maximum atomic E-state index is 12.8. The van der Waals surface area contributed by atoms with Crippen LogP contribution < -0.4 is 10.9 Å². The molecule has 7 nitrogen and oxygen atoms in total. The summed E-state index contributed by atoms with van der Waals surface area (Å²) in [5, 5.41) is 7.11. The average molecular weight is 387 g/mol. The van der Waals surface area contributed by atoms with E-state index in [1.54, 1.807) is 19.9 Å². The first-order chi connectivity index (χ1) is 13.9. The zero-order chi connectivity index (χ0) is 20.5. The average Bonchev–Trinajstić information content (AvgIpc) is 3.15. The molecule has 146 valence electrons. The van der Waals surface area contributed by atoms with E-state index in [-0.39, 0.29) is 11.5 Å². The van der Waals surface area contributed by atoms with Crippen LogP contribution in [-0.4, -0.2) is 25.1 Å². The largest absolute Gasteiger partial charge is 0.324 e. The van der Waals surface area contributed by atoms with Crippen molar-refractivity contribution in [3.05, 3.63) is 82.5 Å². The number of hydrogen-bond acceptors (Lipinski definition) is 4. The molecule has 4 aromatic rings. The highest BCUT2D eigenvalue weighted by molar-refractivity contribution is 5.97. The summed E-state index contributed by atoms with van der Waals surface area (Å²) < 4.78 is 3.16. The number of imidazole rings is 1. The normalized spacial score (nSPS) is 12.1. The van der Waals surface area contributed by atoms with Gasteiger partial charge in [-0.1, -0.05) is 24.3 Å². The number of aryl methyl sites for hydroxylation is 2. The molecule has 0 aliphatic rings. The summed E-state index contributed by atoms with van der Waals surface area (Å²) in [6, 6.07) is 13.8. The van der Waals surface area contributed by atoms with E-state index in [4.69, 9.17) is 4.98 Å². The fourth-order valence-corrected chi connectivity index (χ4v) is 3.25. The van der Waals surface area contributed by atoms with Crippen LogP contribution in [0.3, 0.4) is 0 Å². The fourth-order valence-electron chi connectivity index (χ4n) is 3.25. The second kappa shape index (κ2) is 7.35. The Bertz CT molecular complexity index is 1270. The Kier molecular flexibility index (Phi) is 4.72. The molecule has 0 aliphatic carbocycles. The molecule has 3 heterocycles. The Morgan fingerprint density at radius 3 is 2.66 bits per heavy atom. The molecule has 0 saturated heterocycles. The number of rotatable bonds is 4. The van der Waals surface area contributed by atoms with Crippen LogP contribution in [0.25, 0.3) is 16.9 Å². The highest BCUT2D eigenvalue weighted by atomic mass is 16.2. The number of amides is 1. The van der Waals surface area contributed by atoms with Crippen LogP contribution >= 0.6 is 0 Å². The number of nitrogens with one attached hydrogen (secondary N) is 1. The lowest BCUT2D eigenvalue weighted by atomic mass is 10.1. The standard InChI is InChI=1S/C22H21N5O2/c1-14-7-6-12-26-13-19(23-21(14)26)17-8-4-5-9-18(17)24-22(29)16(3)27-20(28)11-10-15(2)25-27/h4-13,16H,1-3H3,(H,24,29)/t16-/m0/s1. The monoisotopic (exact) mass is 387 g/mol. The third kappa shape index (κ3) is 3.54. The number of para-hydroxylation sites is 1. The predicted molar refractivity (Wildman–Crippen MR) is 112 cm³/mol. The Morgan fingerprint density at radius 1 is 1.07 bits per heavy atom. The van der Waals surface area contributed by atoms with Crippen LogP contribution in [0.1, 0.15) is 24.2 Å². The number of aromatic nitrogens is 4. The van der Waals surface area contributed by atoms with Gasteiger partial charge >= 0.3 is 0 Å². The lowest BCUT2D eigenvalue weighted by Gasteiger charge is -2.15. The van der Waals surface area contributed by atoms with Crippen LogP contribution in [0.2, 0.25) is 0 Å². The number of benzene rings is 1. The van der Waals surface area contributed by atoms with E-state index in [1.165, 1.54) is 10.7 Å². The molecule has 0 saturated carbocycles. The van der Waals surface area contributed by atoms with Crippen molar-refractivity contribution in [2.24, 2.45) is 0 Å². The molecular formula is C22H21N5O2. The molecule has 1 N–H and O–H groups in total. The number of nitrogens with zero attached hydrogens (tertiary/aromatic N) is 4. The molecular weight excluding hydrogens is 366 g/mol. The Balaban J connectivity index is 1.68. The van der Waals surface area contributed by atoms with Crippen molar-refractivity contribution < 1.29 is 4.79 Å². The minimum absolute atomic E-state index is 0.317. The SMILES string of the molecule is Cc1ccc(=O)n([C@@H](C)C(=O)Nc2ccccc2-c2cn3cccc(C)c3n2)n1. The third-order valence-electron chi connectivity index (χ3n) is 4.84. The van der Waals surface area contributed by atoms with E-state index >= 15 is 0 Å². The number of hydrogen-bond donors (Lipinski definition) is 1. The summed E-state index contributed by atoms with van der Waals surface area (Å²) in [7, 11) is 0. The summed E-state index contributed by atoms with van der Waals surface area (Å²) in [5.74, 6) is -0.322. The first kappa shape index (κ1) is 18.6. The number of fused-ring (bicyclic) bond motifs is 1. The van der Waals surface area contributed by atoms with Gasteiger partial charge in [0, 0.05) is 24.0 Å². The van der Waals surface area contributed by atoms with E-state index < -0.39 is 6.04 Å². The number of carbonyl (C=O) groups is 1. The van der Waals surface area contributed by atoms with Gasteiger partial charge in [-0.25, -0.2) is 9.67 Å². The molecule has 0 aliphatic heterocycles. The Labute approximate surface area is 167 Å². The third-order valence-corrected chi connectivity index (χ3v) is 4.84. The van der Waals surface area contributed by atoms with E-state index in [9.17, 15) is 9.59 Å². The van der Waals surface area contributed by atoms with Crippen LogP contribution in [-0.2, 0) is 4.79 Å². The maximum absolute atomic E-state index is 12.8. The van der Waals surface area contributed by atoms with Crippen molar-refractivity contribution in [2.75, 3.05) is 5.32 Å². The van der Waals surface area contributed by atoms with Gasteiger partial charge in [-0.2, -0.15) is 5.10 Å². The van der Waals surface area contributed by atoms with Gasteiger partial charge in [0.1, 0.15) is 11.7 Å². The molecule has 7 heteroatoms. The van der Waals surface area contributed by atoms with Gasteiger partial charge in [0.05, 0.1) is 17.1 Å². The van der Waals surface area contributed by atoms with Crippen molar-refractivity contribution in [1.29, 1.82) is 0 Å². The van der Waals surface area contributed by atoms with Crippen molar-refractivity contribution in [3.8, 4) is 11.3 Å². The topological polar surface area (TPSA) is 81.3 Å². The zero-order valence-corrected chi connectivity index (χ0v) is 16.5. The van der Waals surface area contributed by atoms with Crippen molar-refractivity contribution >= 4 is 17.2 Å². The first-order valence-electron chi connectivity index (χ1n) is 9.35.